The number of hydrogen-bond donors (Lipinski definition) is 1. The van der Waals surface area contributed by atoms with Crippen molar-refractivity contribution in [3.8, 4) is 11.5 Å². The van der Waals surface area contributed by atoms with Crippen molar-refractivity contribution in [3.63, 3.8) is 0 Å². The van der Waals surface area contributed by atoms with Crippen molar-refractivity contribution < 1.29 is 24.0 Å². The first-order chi connectivity index (χ1) is 11.9. The van der Waals surface area contributed by atoms with Crippen LogP contribution in [-0.4, -0.2) is 30.8 Å². The third-order valence-electron chi connectivity index (χ3n) is 3.11. The molecule has 130 valence electrons. The van der Waals surface area contributed by atoms with E-state index in [1.807, 2.05) is 0 Å². The predicted molar refractivity (Wildman–Crippen MR) is 90.6 cm³/mol. The molecule has 8 nitrogen and oxygen atoms in total. The van der Waals surface area contributed by atoms with Crippen LogP contribution in [0.25, 0.3) is 0 Å². The molecule has 0 unspecified atom stereocenters. The quantitative estimate of drug-likeness (QED) is 0.459. The number of carbonyl (C=O) groups excluding carboxylic acids is 2. The normalized spacial score (nSPS) is 10.0. The summed E-state index contributed by atoms with van der Waals surface area (Å²) < 4.78 is 10.2. The highest BCUT2D eigenvalue weighted by atomic mass is 35.5. The van der Waals surface area contributed by atoms with Crippen molar-refractivity contribution in [3.05, 3.63) is 57.1 Å². The van der Waals surface area contributed by atoms with Gasteiger partial charge in [-0.2, -0.15) is 0 Å². The summed E-state index contributed by atoms with van der Waals surface area (Å²) in [5.41, 5.74) is 0.159. The minimum atomic E-state index is -0.691. The molecule has 0 aromatic heterocycles. The molecule has 0 heterocycles. The first kappa shape index (κ1) is 18.2. The first-order valence-electron chi connectivity index (χ1n) is 6.94. The number of nitrogens with one attached hydrogen (secondary N) is 1. The predicted octanol–water partition coefficient (Wildman–Crippen LogP) is 3.09. The van der Waals surface area contributed by atoms with E-state index in [-0.39, 0.29) is 11.3 Å². The van der Waals surface area contributed by atoms with Gasteiger partial charge in [-0.05, 0) is 30.3 Å². The molecule has 0 spiro atoms. The van der Waals surface area contributed by atoms with E-state index in [0.717, 1.165) is 6.07 Å². The number of methoxy groups -OCH3 is 1. The molecular formula is C16H13ClN2O6. The highest BCUT2D eigenvalue weighted by Crippen LogP contribution is 2.28. The summed E-state index contributed by atoms with van der Waals surface area (Å²) in [5.74, 6) is -0.185. The van der Waals surface area contributed by atoms with Crippen molar-refractivity contribution in [1.82, 2.24) is 0 Å². The number of halogens is 1. The lowest BCUT2D eigenvalue weighted by molar-refractivity contribution is -0.385. The molecule has 0 bridgehead atoms. The molecule has 0 saturated heterocycles. The Bertz CT molecular complexity index is 824. The molecule has 2 aromatic carbocycles. The number of amides is 1. The number of rotatable bonds is 7. The average Bonchev–Trinajstić information content (AvgIpc) is 2.60. The van der Waals surface area contributed by atoms with Crippen LogP contribution in [-0.2, 0) is 4.79 Å². The monoisotopic (exact) mass is 364 g/mol. The number of aldehydes is 1. The maximum Gasteiger partial charge on any atom is 0.311 e. The van der Waals surface area contributed by atoms with Crippen LogP contribution in [0.5, 0.6) is 11.5 Å². The van der Waals surface area contributed by atoms with Crippen LogP contribution in [0.4, 0.5) is 11.4 Å². The summed E-state index contributed by atoms with van der Waals surface area (Å²) in [6, 6.07) is 8.37. The van der Waals surface area contributed by atoms with Crippen molar-refractivity contribution in [2.45, 2.75) is 0 Å². The number of benzene rings is 2. The first-order valence-corrected chi connectivity index (χ1v) is 7.32. The van der Waals surface area contributed by atoms with E-state index in [1.165, 1.54) is 25.3 Å². The summed E-state index contributed by atoms with van der Waals surface area (Å²) in [7, 11) is 1.47. The molecule has 2 rings (SSSR count). The standard InChI is InChI=1S/C16H13ClN2O6/c1-24-14-5-3-11(7-12(14)17)18-16(21)9-25-15-4-2-10(8-20)6-13(15)19(22)23/h2-8H,9H2,1H3,(H,18,21). The zero-order valence-corrected chi connectivity index (χ0v) is 13.8. The maximum absolute atomic E-state index is 11.9. The summed E-state index contributed by atoms with van der Waals surface area (Å²) in [5, 5.41) is 13.9. The molecule has 0 saturated carbocycles. The number of nitro groups is 1. The van der Waals surface area contributed by atoms with Gasteiger partial charge >= 0.3 is 5.69 Å². The van der Waals surface area contributed by atoms with E-state index in [9.17, 15) is 19.7 Å². The van der Waals surface area contributed by atoms with Gasteiger partial charge in [-0.15, -0.1) is 0 Å². The van der Waals surface area contributed by atoms with Gasteiger partial charge in [0.2, 0.25) is 0 Å². The molecule has 0 aliphatic carbocycles. The molecule has 0 fully saturated rings. The lowest BCUT2D eigenvalue weighted by Crippen LogP contribution is -2.20. The van der Waals surface area contributed by atoms with Crippen molar-refractivity contribution in [2.75, 3.05) is 19.0 Å². The molecular weight excluding hydrogens is 352 g/mol. The Hall–Kier alpha value is -3.13. The third kappa shape index (κ3) is 4.67. The van der Waals surface area contributed by atoms with Crippen LogP contribution in [0.1, 0.15) is 10.4 Å². The Labute approximate surface area is 147 Å². The highest BCUT2D eigenvalue weighted by Gasteiger charge is 2.17. The maximum atomic E-state index is 11.9. The minimum absolute atomic E-state index is 0.112. The summed E-state index contributed by atoms with van der Waals surface area (Å²) in [6.07, 6.45) is 0.483. The number of ether oxygens (including phenoxy) is 2. The Balaban J connectivity index is 2.04. The minimum Gasteiger partial charge on any atom is -0.495 e. The second-order valence-corrected chi connectivity index (χ2v) is 5.20. The molecule has 1 N–H and O–H groups in total. The fraction of sp³-hybridized carbons (Fsp3) is 0.125. The number of carbonyl (C=O) groups is 2. The van der Waals surface area contributed by atoms with Gasteiger partial charge in [-0.1, -0.05) is 11.6 Å². The third-order valence-corrected chi connectivity index (χ3v) is 3.41. The molecule has 0 atom stereocenters. The Morgan fingerprint density at radius 3 is 2.60 bits per heavy atom. The van der Waals surface area contributed by atoms with Crippen LogP contribution in [0, 0.1) is 10.1 Å². The van der Waals surface area contributed by atoms with Gasteiger partial charge in [-0.25, -0.2) is 0 Å². The fourth-order valence-electron chi connectivity index (χ4n) is 1.96. The van der Waals surface area contributed by atoms with Gasteiger partial charge in [0, 0.05) is 17.3 Å². The Morgan fingerprint density at radius 1 is 1.28 bits per heavy atom. The van der Waals surface area contributed by atoms with Crippen LogP contribution in [0.2, 0.25) is 5.02 Å². The van der Waals surface area contributed by atoms with E-state index in [0.29, 0.717) is 22.7 Å². The molecule has 0 aliphatic rings. The second-order valence-electron chi connectivity index (χ2n) is 4.79. The van der Waals surface area contributed by atoms with Gasteiger partial charge in [0.15, 0.2) is 12.4 Å². The van der Waals surface area contributed by atoms with E-state index in [2.05, 4.69) is 5.32 Å². The molecule has 0 aliphatic heterocycles. The van der Waals surface area contributed by atoms with E-state index >= 15 is 0 Å². The highest BCUT2D eigenvalue weighted by molar-refractivity contribution is 6.32. The number of nitrogens with zero attached hydrogens (tertiary/aromatic N) is 1. The van der Waals surface area contributed by atoms with Crippen molar-refractivity contribution in [2.24, 2.45) is 0 Å². The number of nitro benzene ring substituents is 1. The zero-order valence-electron chi connectivity index (χ0n) is 13.0. The molecule has 9 heteroatoms. The summed E-state index contributed by atoms with van der Waals surface area (Å²) in [4.78, 5) is 32.9. The van der Waals surface area contributed by atoms with E-state index < -0.39 is 23.1 Å². The van der Waals surface area contributed by atoms with Gasteiger partial charge in [0.1, 0.15) is 12.0 Å². The molecule has 1 amide bonds. The van der Waals surface area contributed by atoms with Gasteiger partial charge in [0.25, 0.3) is 5.91 Å². The topological polar surface area (TPSA) is 108 Å². The molecule has 0 radical (unpaired) electrons. The second kappa shape index (κ2) is 8.11. The smallest absolute Gasteiger partial charge is 0.311 e. The van der Waals surface area contributed by atoms with Crippen molar-refractivity contribution in [1.29, 1.82) is 0 Å². The largest absolute Gasteiger partial charge is 0.495 e. The summed E-state index contributed by atoms with van der Waals surface area (Å²) >= 11 is 5.96. The van der Waals surface area contributed by atoms with Crippen LogP contribution in [0.15, 0.2) is 36.4 Å². The number of hydrogen-bond acceptors (Lipinski definition) is 6. The van der Waals surface area contributed by atoms with E-state index in [4.69, 9.17) is 21.1 Å². The average molecular weight is 365 g/mol. The van der Waals surface area contributed by atoms with Crippen LogP contribution in [0.3, 0.4) is 0 Å². The van der Waals surface area contributed by atoms with Gasteiger partial charge in [0.05, 0.1) is 17.1 Å². The Kier molecular flexibility index (Phi) is 5.91. The SMILES string of the molecule is COc1ccc(NC(=O)COc2ccc(C=O)cc2[N+](=O)[O-])cc1Cl. The fourth-order valence-corrected chi connectivity index (χ4v) is 2.21. The molecule has 25 heavy (non-hydrogen) atoms. The lowest BCUT2D eigenvalue weighted by Gasteiger charge is -2.09. The van der Waals surface area contributed by atoms with Crippen LogP contribution < -0.4 is 14.8 Å². The van der Waals surface area contributed by atoms with Gasteiger partial charge in [-0.3, -0.25) is 19.7 Å². The van der Waals surface area contributed by atoms with Crippen molar-refractivity contribution >= 4 is 35.2 Å². The number of anilines is 1. The Morgan fingerprint density at radius 2 is 2.00 bits per heavy atom. The zero-order chi connectivity index (χ0) is 18.4. The van der Waals surface area contributed by atoms with Crippen LogP contribution >= 0.6 is 11.6 Å². The van der Waals surface area contributed by atoms with E-state index in [1.54, 1.807) is 12.1 Å². The summed E-state index contributed by atoms with van der Waals surface area (Å²) in [6.45, 7) is -0.453. The molecule has 2 aromatic rings. The lowest BCUT2D eigenvalue weighted by atomic mass is 10.2. The van der Waals surface area contributed by atoms with Gasteiger partial charge < -0.3 is 14.8 Å².